The van der Waals surface area contributed by atoms with Gasteiger partial charge in [0.2, 0.25) is 5.91 Å². The molecular weight excluding hydrogens is 242 g/mol. The Morgan fingerprint density at radius 3 is 2.53 bits per heavy atom. The van der Waals surface area contributed by atoms with Crippen LogP contribution in [0.3, 0.4) is 0 Å². The number of ether oxygens (including phenoxy) is 2. The molecule has 0 saturated carbocycles. The molecule has 0 radical (unpaired) electrons. The van der Waals surface area contributed by atoms with Gasteiger partial charge in [-0.1, -0.05) is 6.07 Å². The maximum atomic E-state index is 11.2. The fraction of sp³-hybridized carbons (Fsp3) is 0.417. The summed E-state index contributed by atoms with van der Waals surface area (Å²) in [6, 6.07) is 5.39. The molecule has 1 N–H and O–H groups in total. The molecule has 94 valence electrons. The normalized spacial score (nSPS) is 11.8. The Balaban J connectivity index is 2.87. The first-order valence-electron chi connectivity index (χ1n) is 5.19. The number of benzene rings is 1. The predicted octanol–water partition coefficient (Wildman–Crippen LogP) is 2.12. The minimum atomic E-state index is -0.200. The molecular formula is C12H16ClNO3. The van der Waals surface area contributed by atoms with Crippen LogP contribution in [0.1, 0.15) is 18.5 Å². The monoisotopic (exact) mass is 257 g/mol. The van der Waals surface area contributed by atoms with Crippen molar-refractivity contribution >= 4 is 17.5 Å². The third-order valence-corrected chi connectivity index (χ3v) is 2.65. The number of hydrogen-bond donors (Lipinski definition) is 1. The molecule has 0 aliphatic rings. The molecule has 17 heavy (non-hydrogen) atoms. The van der Waals surface area contributed by atoms with Crippen molar-refractivity contribution in [1.82, 2.24) is 5.32 Å². The lowest BCUT2D eigenvalue weighted by Gasteiger charge is -2.15. The van der Waals surface area contributed by atoms with E-state index in [9.17, 15) is 4.79 Å². The summed E-state index contributed by atoms with van der Waals surface area (Å²) >= 11 is 5.43. The molecule has 0 aliphatic carbocycles. The largest absolute Gasteiger partial charge is 0.493 e. The fourth-order valence-corrected chi connectivity index (χ4v) is 1.56. The van der Waals surface area contributed by atoms with E-state index in [1.807, 2.05) is 19.1 Å². The Bertz CT molecular complexity index is 395. The van der Waals surface area contributed by atoms with E-state index >= 15 is 0 Å². The number of amides is 1. The van der Waals surface area contributed by atoms with E-state index in [0.717, 1.165) is 5.56 Å². The zero-order valence-corrected chi connectivity index (χ0v) is 10.9. The zero-order valence-electron chi connectivity index (χ0n) is 10.1. The topological polar surface area (TPSA) is 47.6 Å². The lowest BCUT2D eigenvalue weighted by atomic mass is 10.1. The highest BCUT2D eigenvalue weighted by atomic mass is 35.5. The Kier molecular flexibility index (Phi) is 5.10. The zero-order chi connectivity index (χ0) is 12.8. The van der Waals surface area contributed by atoms with Crippen LogP contribution in [0, 0.1) is 0 Å². The van der Waals surface area contributed by atoms with Gasteiger partial charge in [0.25, 0.3) is 0 Å². The van der Waals surface area contributed by atoms with E-state index in [4.69, 9.17) is 21.1 Å². The molecule has 0 bridgehead atoms. The number of methoxy groups -OCH3 is 2. The van der Waals surface area contributed by atoms with Crippen molar-refractivity contribution < 1.29 is 14.3 Å². The Morgan fingerprint density at radius 1 is 1.35 bits per heavy atom. The quantitative estimate of drug-likeness (QED) is 0.822. The molecule has 0 fully saturated rings. The van der Waals surface area contributed by atoms with Gasteiger partial charge in [0, 0.05) is 0 Å². The van der Waals surface area contributed by atoms with E-state index in [1.54, 1.807) is 20.3 Å². The Labute approximate surface area is 106 Å². The summed E-state index contributed by atoms with van der Waals surface area (Å²) in [5.41, 5.74) is 0.932. The van der Waals surface area contributed by atoms with Crippen molar-refractivity contribution in [3.8, 4) is 11.5 Å². The molecule has 1 atom stereocenters. The Hall–Kier alpha value is -1.42. The minimum Gasteiger partial charge on any atom is -0.493 e. The van der Waals surface area contributed by atoms with Crippen LogP contribution in [-0.2, 0) is 4.79 Å². The van der Waals surface area contributed by atoms with Gasteiger partial charge in [-0.3, -0.25) is 4.79 Å². The lowest BCUT2D eigenvalue weighted by Crippen LogP contribution is -2.27. The second-order valence-corrected chi connectivity index (χ2v) is 3.80. The summed E-state index contributed by atoms with van der Waals surface area (Å²) < 4.78 is 10.3. The summed E-state index contributed by atoms with van der Waals surface area (Å²) in [6.45, 7) is 1.88. The standard InChI is InChI=1S/C12H16ClNO3/c1-8(14-12(15)7-13)9-4-5-10(16-2)11(6-9)17-3/h4-6,8H,7H2,1-3H3,(H,14,15)/t8-/m1/s1. The van der Waals surface area contributed by atoms with Crippen LogP contribution in [0.15, 0.2) is 18.2 Å². The molecule has 1 aromatic rings. The van der Waals surface area contributed by atoms with Crippen molar-refractivity contribution in [1.29, 1.82) is 0 Å². The van der Waals surface area contributed by atoms with Crippen LogP contribution in [0.4, 0.5) is 0 Å². The van der Waals surface area contributed by atoms with E-state index < -0.39 is 0 Å². The van der Waals surface area contributed by atoms with Gasteiger partial charge in [-0.05, 0) is 24.6 Å². The third-order valence-electron chi connectivity index (χ3n) is 2.41. The number of rotatable bonds is 5. The average molecular weight is 258 g/mol. The fourth-order valence-electron chi connectivity index (χ4n) is 1.49. The molecule has 0 unspecified atom stereocenters. The summed E-state index contributed by atoms with van der Waals surface area (Å²) in [4.78, 5) is 11.2. The van der Waals surface area contributed by atoms with Crippen molar-refractivity contribution in [3.05, 3.63) is 23.8 Å². The van der Waals surface area contributed by atoms with E-state index in [1.165, 1.54) is 0 Å². The van der Waals surface area contributed by atoms with Crippen LogP contribution in [-0.4, -0.2) is 26.0 Å². The van der Waals surface area contributed by atoms with Gasteiger partial charge in [0.05, 0.1) is 20.3 Å². The number of nitrogens with one attached hydrogen (secondary N) is 1. The van der Waals surface area contributed by atoms with E-state index in [2.05, 4.69) is 5.32 Å². The molecule has 1 rings (SSSR count). The molecule has 4 nitrogen and oxygen atoms in total. The van der Waals surface area contributed by atoms with Crippen LogP contribution in [0.25, 0.3) is 0 Å². The number of carbonyl (C=O) groups is 1. The maximum Gasteiger partial charge on any atom is 0.235 e. The summed E-state index contributed by atoms with van der Waals surface area (Å²) in [5, 5.41) is 2.77. The SMILES string of the molecule is COc1ccc([C@@H](C)NC(=O)CCl)cc1OC. The first-order chi connectivity index (χ1) is 8.12. The van der Waals surface area contributed by atoms with Gasteiger partial charge < -0.3 is 14.8 Å². The van der Waals surface area contributed by atoms with Crippen LogP contribution in [0.2, 0.25) is 0 Å². The molecule has 0 aliphatic heterocycles. The van der Waals surface area contributed by atoms with Gasteiger partial charge in [-0.25, -0.2) is 0 Å². The van der Waals surface area contributed by atoms with Gasteiger partial charge >= 0.3 is 0 Å². The smallest absolute Gasteiger partial charge is 0.235 e. The number of hydrogen-bond acceptors (Lipinski definition) is 3. The summed E-state index contributed by atoms with van der Waals surface area (Å²) in [5.74, 6) is 1.05. The average Bonchev–Trinajstić information content (AvgIpc) is 2.37. The molecule has 5 heteroatoms. The number of halogens is 1. The highest BCUT2D eigenvalue weighted by Gasteiger charge is 2.11. The second kappa shape index (κ2) is 6.35. The minimum absolute atomic E-state index is 0.0440. The first kappa shape index (κ1) is 13.6. The highest BCUT2D eigenvalue weighted by Crippen LogP contribution is 2.29. The molecule has 0 spiro atoms. The van der Waals surface area contributed by atoms with Crippen LogP contribution < -0.4 is 14.8 Å². The van der Waals surface area contributed by atoms with Gasteiger partial charge in [0.1, 0.15) is 5.88 Å². The van der Waals surface area contributed by atoms with Crippen molar-refractivity contribution in [2.75, 3.05) is 20.1 Å². The molecule has 0 heterocycles. The first-order valence-corrected chi connectivity index (χ1v) is 5.73. The van der Waals surface area contributed by atoms with Gasteiger partial charge in [0.15, 0.2) is 11.5 Å². The van der Waals surface area contributed by atoms with Gasteiger partial charge in [-0.2, -0.15) is 0 Å². The van der Waals surface area contributed by atoms with E-state index in [0.29, 0.717) is 11.5 Å². The van der Waals surface area contributed by atoms with Crippen molar-refractivity contribution in [3.63, 3.8) is 0 Å². The summed E-state index contributed by atoms with van der Waals surface area (Å²) in [7, 11) is 3.15. The lowest BCUT2D eigenvalue weighted by molar-refractivity contribution is -0.119. The number of carbonyl (C=O) groups excluding carboxylic acids is 1. The van der Waals surface area contributed by atoms with Gasteiger partial charge in [-0.15, -0.1) is 11.6 Å². The maximum absolute atomic E-state index is 11.2. The molecule has 1 amide bonds. The van der Waals surface area contributed by atoms with Crippen LogP contribution in [0.5, 0.6) is 11.5 Å². The van der Waals surface area contributed by atoms with Crippen molar-refractivity contribution in [2.45, 2.75) is 13.0 Å². The Morgan fingerprint density at radius 2 is 2.00 bits per heavy atom. The summed E-state index contributed by atoms with van der Waals surface area (Å²) in [6.07, 6.45) is 0. The second-order valence-electron chi connectivity index (χ2n) is 3.54. The molecule has 1 aromatic carbocycles. The predicted molar refractivity (Wildman–Crippen MR) is 66.8 cm³/mol. The number of alkyl halides is 1. The molecule has 0 saturated heterocycles. The molecule has 0 aromatic heterocycles. The van der Waals surface area contributed by atoms with Crippen LogP contribution >= 0.6 is 11.6 Å². The van der Waals surface area contributed by atoms with E-state index in [-0.39, 0.29) is 17.8 Å². The third kappa shape index (κ3) is 3.53. The van der Waals surface area contributed by atoms with Crippen molar-refractivity contribution in [2.24, 2.45) is 0 Å². The highest BCUT2D eigenvalue weighted by molar-refractivity contribution is 6.27.